The number of nitrogens with zero attached hydrogens (tertiary/aromatic N) is 1. The van der Waals surface area contributed by atoms with E-state index in [4.69, 9.17) is 4.74 Å². The van der Waals surface area contributed by atoms with Gasteiger partial charge >= 0.3 is 6.18 Å². The molecule has 0 aliphatic heterocycles. The van der Waals surface area contributed by atoms with Crippen LogP contribution in [0.3, 0.4) is 0 Å². The number of ether oxygens (including phenoxy) is 1. The number of hydrogen-bond donors (Lipinski definition) is 1. The van der Waals surface area contributed by atoms with Crippen LogP contribution >= 0.6 is 0 Å². The predicted octanol–water partition coefficient (Wildman–Crippen LogP) is 3.90. The summed E-state index contributed by atoms with van der Waals surface area (Å²) in [6, 6.07) is 8.96. The molecule has 0 spiro atoms. The quantitative estimate of drug-likeness (QED) is 0.723. The Kier molecular flexibility index (Phi) is 6.78. The van der Waals surface area contributed by atoms with Crippen molar-refractivity contribution in [3.05, 3.63) is 54.1 Å². The summed E-state index contributed by atoms with van der Waals surface area (Å²) in [4.78, 5) is 12.7. The van der Waals surface area contributed by atoms with E-state index in [2.05, 4.69) is 5.32 Å². The van der Waals surface area contributed by atoms with Crippen molar-refractivity contribution in [2.45, 2.75) is 25.6 Å². The van der Waals surface area contributed by atoms with Crippen molar-refractivity contribution in [2.24, 2.45) is 0 Å². The summed E-state index contributed by atoms with van der Waals surface area (Å²) in [6.07, 6.45) is -3.37. The number of anilines is 2. The van der Waals surface area contributed by atoms with Gasteiger partial charge in [-0.05, 0) is 55.0 Å². The number of nitrogens with one attached hydrogen (secondary N) is 1. The first-order valence-electron chi connectivity index (χ1n) is 8.59. The second kappa shape index (κ2) is 8.73. The van der Waals surface area contributed by atoms with Crippen molar-refractivity contribution >= 4 is 27.3 Å². The molecule has 0 heterocycles. The molecular weight excluding hydrogens is 409 g/mol. The van der Waals surface area contributed by atoms with Crippen LogP contribution < -0.4 is 14.4 Å². The van der Waals surface area contributed by atoms with Gasteiger partial charge in [-0.25, -0.2) is 8.42 Å². The number of alkyl halides is 3. The predicted molar refractivity (Wildman–Crippen MR) is 104 cm³/mol. The van der Waals surface area contributed by atoms with Crippen LogP contribution in [-0.4, -0.2) is 33.7 Å². The van der Waals surface area contributed by atoms with Crippen LogP contribution in [-0.2, 0) is 21.0 Å². The number of methoxy groups -OCH3 is 1. The molecule has 0 bridgehead atoms. The summed E-state index contributed by atoms with van der Waals surface area (Å²) >= 11 is 0. The number of benzene rings is 2. The van der Waals surface area contributed by atoms with Crippen LogP contribution in [0.1, 0.15) is 18.9 Å². The minimum Gasteiger partial charge on any atom is -0.497 e. The van der Waals surface area contributed by atoms with E-state index < -0.39 is 33.7 Å². The normalized spacial score (nSPS) is 12.9. The first-order valence-corrected chi connectivity index (χ1v) is 10.4. The maximum atomic E-state index is 12.7. The molecule has 0 saturated carbocycles. The summed E-state index contributed by atoms with van der Waals surface area (Å²) in [5, 5.41) is 2.48. The van der Waals surface area contributed by atoms with E-state index in [0.717, 1.165) is 34.8 Å². The zero-order chi connectivity index (χ0) is 21.8. The van der Waals surface area contributed by atoms with Crippen LogP contribution in [0.4, 0.5) is 24.5 Å². The molecule has 1 atom stereocenters. The highest BCUT2D eigenvalue weighted by atomic mass is 32.2. The van der Waals surface area contributed by atoms with Crippen LogP contribution in [0.15, 0.2) is 48.5 Å². The van der Waals surface area contributed by atoms with Gasteiger partial charge in [0.2, 0.25) is 15.9 Å². The topological polar surface area (TPSA) is 75.7 Å². The zero-order valence-electron chi connectivity index (χ0n) is 16.0. The van der Waals surface area contributed by atoms with Crippen LogP contribution in [0.2, 0.25) is 0 Å². The second-order valence-electron chi connectivity index (χ2n) is 6.25. The SMILES string of the molecule is CCC(C(=O)Nc1ccc(C(F)(F)F)cc1)N(c1ccc(OC)cc1)S(C)(=O)=O. The van der Waals surface area contributed by atoms with E-state index in [1.165, 1.54) is 19.2 Å². The van der Waals surface area contributed by atoms with Gasteiger partial charge in [-0.1, -0.05) is 6.92 Å². The van der Waals surface area contributed by atoms with E-state index in [1.807, 2.05) is 0 Å². The second-order valence-corrected chi connectivity index (χ2v) is 8.10. The molecule has 0 fully saturated rings. The lowest BCUT2D eigenvalue weighted by molar-refractivity contribution is -0.137. The number of hydrogen-bond acceptors (Lipinski definition) is 4. The lowest BCUT2D eigenvalue weighted by Gasteiger charge is -2.30. The Labute approximate surface area is 167 Å². The van der Waals surface area contributed by atoms with Crippen molar-refractivity contribution in [3.63, 3.8) is 0 Å². The molecule has 1 N–H and O–H groups in total. The molecule has 6 nitrogen and oxygen atoms in total. The lowest BCUT2D eigenvalue weighted by Crippen LogP contribution is -2.47. The Morgan fingerprint density at radius 2 is 1.66 bits per heavy atom. The Morgan fingerprint density at radius 3 is 2.07 bits per heavy atom. The molecule has 0 aliphatic carbocycles. The molecule has 158 valence electrons. The summed E-state index contributed by atoms with van der Waals surface area (Å²) in [6.45, 7) is 1.64. The van der Waals surface area contributed by atoms with Gasteiger partial charge in [-0.15, -0.1) is 0 Å². The van der Waals surface area contributed by atoms with E-state index in [0.29, 0.717) is 5.75 Å². The Balaban J connectivity index is 2.30. The molecule has 29 heavy (non-hydrogen) atoms. The molecule has 10 heteroatoms. The molecule has 2 aromatic rings. The van der Waals surface area contributed by atoms with Gasteiger partial charge in [0.25, 0.3) is 0 Å². The molecule has 2 rings (SSSR count). The Hall–Kier alpha value is -2.75. The smallest absolute Gasteiger partial charge is 0.416 e. The summed E-state index contributed by atoms with van der Waals surface area (Å²) < 4.78 is 68.8. The average molecular weight is 430 g/mol. The third-order valence-electron chi connectivity index (χ3n) is 4.14. The third-order valence-corrected chi connectivity index (χ3v) is 5.32. The van der Waals surface area contributed by atoms with Gasteiger partial charge < -0.3 is 10.1 Å². The molecule has 0 aromatic heterocycles. The van der Waals surface area contributed by atoms with Gasteiger partial charge in [0, 0.05) is 5.69 Å². The van der Waals surface area contributed by atoms with E-state index in [9.17, 15) is 26.4 Å². The van der Waals surface area contributed by atoms with Crippen LogP contribution in [0, 0.1) is 0 Å². The third kappa shape index (κ3) is 5.63. The highest BCUT2D eigenvalue weighted by molar-refractivity contribution is 7.92. The van der Waals surface area contributed by atoms with Gasteiger partial charge in [-0.2, -0.15) is 13.2 Å². The van der Waals surface area contributed by atoms with E-state index >= 15 is 0 Å². The van der Waals surface area contributed by atoms with Crippen molar-refractivity contribution in [3.8, 4) is 5.75 Å². The zero-order valence-corrected chi connectivity index (χ0v) is 16.8. The van der Waals surface area contributed by atoms with E-state index in [-0.39, 0.29) is 17.8 Å². The Morgan fingerprint density at radius 1 is 1.10 bits per heavy atom. The Bertz CT molecular complexity index is 943. The van der Waals surface area contributed by atoms with Crippen LogP contribution in [0.25, 0.3) is 0 Å². The van der Waals surface area contributed by atoms with Gasteiger partial charge in [0.05, 0.1) is 24.6 Å². The maximum absolute atomic E-state index is 12.7. The highest BCUT2D eigenvalue weighted by Gasteiger charge is 2.32. The van der Waals surface area contributed by atoms with Gasteiger partial charge in [-0.3, -0.25) is 9.10 Å². The fraction of sp³-hybridized carbons (Fsp3) is 0.316. The largest absolute Gasteiger partial charge is 0.497 e. The molecule has 1 unspecified atom stereocenters. The molecule has 0 aliphatic rings. The molecule has 1 amide bonds. The number of amides is 1. The summed E-state index contributed by atoms with van der Waals surface area (Å²) in [7, 11) is -2.36. The molecule has 0 radical (unpaired) electrons. The fourth-order valence-corrected chi connectivity index (χ4v) is 3.97. The standard InChI is InChI=1S/C19H21F3N2O4S/c1-4-17(18(25)23-14-7-5-13(6-8-14)19(20,21)22)24(29(3,26)27)15-9-11-16(28-2)12-10-15/h5-12,17H,4H2,1-3H3,(H,23,25). The van der Waals surface area contributed by atoms with Gasteiger partial charge in [0.1, 0.15) is 11.8 Å². The van der Waals surface area contributed by atoms with Crippen molar-refractivity contribution < 1.29 is 31.1 Å². The maximum Gasteiger partial charge on any atom is 0.416 e. The monoisotopic (exact) mass is 430 g/mol. The van der Waals surface area contributed by atoms with Crippen molar-refractivity contribution in [1.29, 1.82) is 0 Å². The summed E-state index contributed by atoms with van der Waals surface area (Å²) in [5.74, 6) is -0.141. The minimum absolute atomic E-state index is 0.129. The first-order chi connectivity index (χ1) is 13.5. The number of carbonyl (C=O) groups is 1. The number of rotatable bonds is 7. The van der Waals surface area contributed by atoms with E-state index in [1.54, 1.807) is 19.1 Å². The molecular formula is C19H21F3N2O4S. The highest BCUT2D eigenvalue weighted by Crippen LogP contribution is 2.30. The van der Waals surface area contributed by atoms with Crippen LogP contribution in [0.5, 0.6) is 5.75 Å². The molecule has 2 aromatic carbocycles. The lowest BCUT2D eigenvalue weighted by atomic mass is 10.1. The fourth-order valence-electron chi connectivity index (χ4n) is 2.76. The first kappa shape index (κ1) is 22.5. The summed E-state index contributed by atoms with van der Waals surface area (Å²) in [5.41, 5.74) is -0.453. The minimum atomic E-state index is -4.49. The number of sulfonamides is 1. The number of carbonyl (C=O) groups excluding carboxylic acids is 1. The van der Waals surface area contributed by atoms with Crippen molar-refractivity contribution in [1.82, 2.24) is 0 Å². The number of halogens is 3. The molecule has 0 saturated heterocycles. The van der Waals surface area contributed by atoms with Crippen molar-refractivity contribution in [2.75, 3.05) is 23.0 Å². The average Bonchev–Trinajstić information content (AvgIpc) is 2.64. The van der Waals surface area contributed by atoms with Gasteiger partial charge in [0.15, 0.2) is 0 Å².